The monoisotopic (exact) mass is 416 g/mol. The third-order valence-corrected chi connectivity index (χ3v) is 7.82. The van der Waals surface area contributed by atoms with Crippen LogP contribution < -0.4 is 9.62 Å². The molecule has 0 aliphatic carbocycles. The number of sulfonamides is 1. The average Bonchev–Trinajstić information content (AvgIpc) is 2.94. The number of piperazine rings is 1. The molecular weight excluding hydrogens is 388 g/mol. The zero-order valence-electron chi connectivity index (χ0n) is 17.0. The van der Waals surface area contributed by atoms with E-state index in [1.807, 2.05) is 18.2 Å². The van der Waals surface area contributed by atoms with Gasteiger partial charge in [-0.3, -0.25) is 9.10 Å². The van der Waals surface area contributed by atoms with Gasteiger partial charge in [-0.15, -0.1) is 0 Å². The average molecular weight is 417 g/mol. The largest absolute Gasteiger partial charge is 0.354 e. The minimum atomic E-state index is -3.74. The lowest BCUT2D eigenvalue weighted by molar-refractivity contribution is -0.121. The third kappa shape index (κ3) is 3.72. The molecule has 7 nitrogen and oxygen atoms in total. The van der Waals surface area contributed by atoms with E-state index in [1.165, 1.54) is 4.31 Å². The van der Waals surface area contributed by atoms with Crippen molar-refractivity contribution in [3.63, 3.8) is 0 Å². The normalized spacial score (nSPS) is 20.1. The highest BCUT2D eigenvalue weighted by molar-refractivity contribution is 7.93. The molecule has 1 amide bonds. The van der Waals surface area contributed by atoms with Gasteiger partial charge in [-0.05, 0) is 44.5 Å². The molecule has 2 aliphatic rings. The van der Waals surface area contributed by atoms with Crippen molar-refractivity contribution in [2.75, 3.05) is 50.6 Å². The van der Waals surface area contributed by atoms with Crippen LogP contribution >= 0.6 is 0 Å². The first-order chi connectivity index (χ1) is 13.9. The Morgan fingerprint density at radius 3 is 2.52 bits per heavy atom. The zero-order valence-corrected chi connectivity index (χ0v) is 17.8. The Hall–Kier alpha value is -2.16. The van der Waals surface area contributed by atoms with E-state index in [9.17, 15) is 13.2 Å². The molecule has 0 unspecified atom stereocenters. The lowest BCUT2D eigenvalue weighted by Gasteiger charge is -2.32. The van der Waals surface area contributed by atoms with Gasteiger partial charge >= 0.3 is 0 Å². The minimum Gasteiger partial charge on any atom is -0.354 e. The van der Waals surface area contributed by atoms with Crippen molar-refractivity contribution >= 4 is 32.4 Å². The van der Waals surface area contributed by atoms with Crippen molar-refractivity contribution in [1.29, 1.82) is 0 Å². The van der Waals surface area contributed by atoms with Gasteiger partial charge in [0.25, 0.3) is 10.0 Å². The SMILES string of the molecule is C[C@@H](C(=O)NCCCN1CCN(C)CC1)N1c2cccc3cccc(c23)S1(=O)=O. The first kappa shape index (κ1) is 20.1. The molecule has 0 bridgehead atoms. The van der Waals surface area contributed by atoms with E-state index in [4.69, 9.17) is 0 Å². The Balaban J connectivity index is 1.40. The Bertz CT molecular complexity index is 1010. The molecule has 2 heterocycles. The number of nitrogens with zero attached hydrogens (tertiary/aromatic N) is 3. The molecule has 1 fully saturated rings. The van der Waals surface area contributed by atoms with E-state index < -0.39 is 16.1 Å². The van der Waals surface area contributed by atoms with Crippen molar-refractivity contribution in [2.24, 2.45) is 0 Å². The second-order valence-corrected chi connectivity index (χ2v) is 9.68. The van der Waals surface area contributed by atoms with Gasteiger partial charge in [0.05, 0.1) is 10.6 Å². The maximum absolute atomic E-state index is 13.1. The zero-order chi connectivity index (χ0) is 20.6. The van der Waals surface area contributed by atoms with Crippen molar-refractivity contribution < 1.29 is 13.2 Å². The molecule has 156 valence electrons. The maximum atomic E-state index is 13.1. The molecule has 1 atom stereocenters. The van der Waals surface area contributed by atoms with Crippen LogP contribution in [0.5, 0.6) is 0 Å². The molecule has 1 saturated heterocycles. The summed E-state index contributed by atoms with van der Waals surface area (Å²) in [6.07, 6.45) is 0.852. The smallest absolute Gasteiger partial charge is 0.265 e. The number of likely N-dealkylation sites (N-methyl/N-ethyl adjacent to an activating group) is 1. The standard InChI is InChI=1S/C21H28N4O3S/c1-16(21(26)22-10-5-11-24-14-12-23(2)13-15-24)25-18-8-3-6-17-7-4-9-19(20(17)18)29(25,27)28/h3-4,6-9,16H,5,10-15H2,1-2H3,(H,22,26)/t16-/m0/s1. The van der Waals surface area contributed by atoms with Crippen molar-refractivity contribution in [3.8, 4) is 0 Å². The first-order valence-corrected chi connectivity index (χ1v) is 11.6. The number of hydrogen-bond donors (Lipinski definition) is 1. The van der Waals surface area contributed by atoms with Crippen LogP contribution in [0, 0.1) is 0 Å². The number of hydrogen-bond acceptors (Lipinski definition) is 5. The molecule has 0 radical (unpaired) electrons. The number of rotatable bonds is 6. The van der Waals surface area contributed by atoms with Gasteiger partial charge in [-0.2, -0.15) is 0 Å². The molecule has 29 heavy (non-hydrogen) atoms. The van der Waals surface area contributed by atoms with Crippen molar-refractivity contribution in [1.82, 2.24) is 15.1 Å². The molecule has 4 rings (SSSR count). The Labute approximate surface area is 172 Å². The third-order valence-electron chi connectivity index (χ3n) is 5.90. The molecular formula is C21H28N4O3S. The van der Waals surface area contributed by atoms with Crippen LogP contribution in [0.1, 0.15) is 13.3 Å². The van der Waals surface area contributed by atoms with Crippen molar-refractivity contribution in [2.45, 2.75) is 24.3 Å². The summed E-state index contributed by atoms with van der Waals surface area (Å²) in [5.41, 5.74) is 0.582. The van der Waals surface area contributed by atoms with Gasteiger partial charge in [-0.1, -0.05) is 24.3 Å². The molecule has 2 aromatic carbocycles. The number of benzene rings is 2. The summed E-state index contributed by atoms with van der Waals surface area (Å²) < 4.78 is 27.5. The Morgan fingerprint density at radius 2 is 1.79 bits per heavy atom. The van der Waals surface area contributed by atoms with Gasteiger partial charge in [-0.25, -0.2) is 8.42 Å². The van der Waals surface area contributed by atoms with Crippen LogP contribution in [-0.4, -0.2) is 76.5 Å². The van der Waals surface area contributed by atoms with E-state index in [1.54, 1.807) is 25.1 Å². The molecule has 2 aliphatic heterocycles. The second-order valence-electron chi connectivity index (χ2n) is 7.90. The fourth-order valence-electron chi connectivity index (χ4n) is 4.18. The minimum absolute atomic E-state index is 0.267. The topological polar surface area (TPSA) is 73.0 Å². The maximum Gasteiger partial charge on any atom is 0.265 e. The van der Waals surface area contributed by atoms with Crippen LogP contribution in [-0.2, 0) is 14.8 Å². The summed E-state index contributed by atoms with van der Waals surface area (Å²) in [4.78, 5) is 17.7. The molecule has 0 spiro atoms. The molecule has 1 N–H and O–H groups in total. The van der Waals surface area contributed by atoms with Crippen LogP contribution in [0.15, 0.2) is 41.3 Å². The number of amides is 1. The highest BCUT2D eigenvalue weighted by Crippen LogP contribution is 2.43. The number of carbonyl (C=O) groups excluding carboxylic acids is 1. The summed E-state index contributed by atoms with van der Waals surface area (Å²) in [5, 5.41) is 4.49. The van der Waals surface area contributed by atoms with Crippen LogP contribution in [0.2, 0.25) is 0 Å². The van der Waals surface area contributed by atoms with Gasteiger partial charge in [0.1, 0.15) is 6.04 Å². The quantitative estimate of drug-likeness (QED) is 0.723. The fourth-order valence-corrected chi connectivity index (χ4v) is 6.04. The summed E-state index contributed by atoms with van der Waals surface area (Å²) >= 11 is 0. The highest BCUT2D eigenvalue weighted by atomic mass is 32.2. The van der Waals surface area contributed by atoms with Crippen molar-refractivity contribution in [3.05, 3.63) is 36.4 Å². The van der Waals surface area contributed by atoms with E-state index in [0.29, 0.717) is 17.6 Å². The Morgan fingerprint density at radius 1 is 1.10 bits per heavy atom. The number of carbonyl (C=O) groups is 1. The first-order valence-electron chi connectivity index (χ1n) is 10.1. The molecule has 2 aromatic rings. The van der Waals surface area contributed by atoms with Crippen LogP contribution in [0.25, 0.3) is 10.8 Å². The van der Waals surface area contributed by atoms with Gasteiger partial charge in [0.2, 0.25) is 5.91 Å². The van der Waals surface area contributed by atoms with E-state index in [2.05, 4.69) is 22.2 Å². The summed E-state index contributed by atoms with van der Waals surface area (Å²) in [5.74, 6) is -0.267. The predicted octanol–water partition coefficient (Wildman–Crippen LogP) is 1.49. The lowest BCUT2D eigenvalue weighted by Crippen LogP contribution is -2.48. The molecule has 8 heteroatoms. The van der Waals surface area contributed by atoms with E-state index in [-0.39, 0.29) is 10.8 Å². The highest BCUT2D eigenvalue weighted by Gasteiger charge is 2.40. The fraction of sp³-hybridized carbons (Fsp3) is 0.476. The molecule has 0 saturated carbocycles. The lowest BCUT2D eigenvalue weighted by atomic mass is 10.1. The summed E-state index contributed by atoms with van der Waals surface area (Å²) in [6.45, 7) is 7.38. The van der Waals surface area contributed by atoms with Gasteiger partial charge in [0, 0.05) is 38.1 Å². The summed E-state index contributed by atoms with van der Waals surface area (Å²) in [6, 6.07) is 9.94. The van der Waals surface area contributed by atoms with Crippen LogP contribution in [0.4, 0.5) is 5.69 Å². The van der Waals surface area contributed by atoms with E-state index in [0.717, 1.165) is 44.5 Å². The Kier molecular flexibility index (Phi) is 5.50. The number of nitrogens with one attached hydrogen (secondary N) is 1. The molecule has 0 aromatic heterocycles. The predicted molar refractivity (Wildman–Crippen MR) is 115 cm³/mol. The van der Waals surface area contributed by atoms with E-state index >= 15 is 0 Å². The van der Waals surface area contributed by atoms with Crippen LogP contribution in [0.3, 0.4) is 0 Å². The van der Waals surface area contributed by atoms with Gasteiger partial charge in [0.15, 0.2) is 0 Å². The number of anilines is 1. The van der Waals surface area contributed by atoms with Gasteiger partial charge < -0.3 is 15.1 Å². The second kappa shape index (κ2) is 7.93. The summed E-state index contributed by atoms with van der Waals surface area (Å²) in [7, 11) is -1.61.